The first-order valence-corrected chi connectivity index (χ1v) is 8.47. The third-order valence-electron chi connectivity index (χ3n) is 4.19. The van der Waals surface area contributed by atoms with Gasteiger partial charge in [0.05, 0.1) is 21.8 Å². The van der Waals surface area contributed by atoms with E-state index in [2.05, 4.69) is 32.4 Å². The van der Waals surface area contributed by atoms with Crippen molar-refractivity contribution < 1.29 is 4.79 Å². The molecule has 24 heavy (non-hydrogen) atoms. The average molecular weight is 384 g/mol. The van der Waals surface area contributed by atoms with Crippen LogP contribution in [0.5, 0.6) is 0 Å². The summed E-state index contributed by atoms with van der Waals surface area (Å²) in [5, 5.41) is 16.3. The molecule has 4 rings (SSSR count). The highest BCUT2D eigenvalue weighted by atomic mass is 79.9. The molecule has 0 spiro atoms. The summed E-state index contributed by atoms with van der Waals surface area (Å²) in [7, 11) is 0. The minimum Gasteiger partial charge on any atom is -0.367 e. The van der Waals surface area contributed by atoms with Gasteiger partial charge in [-0.05, 0) is 53.1 Å². The Morgan fingerprint density at radius 1 is 1.50 bits per heavy atom. The fourth-order valence-electron chi connectivity index (χ4n) is 2.82. The maximum Gasteiger partial charge on any atom is 0.256 e. The highest BCUT2D eigenvalue weighted by Crippen LogP contribution is 2.31. The molecule has 1 amide bonds. The Bertz CT molecular complexity index is 919. The van der Waals surface area contributed by atoms with Crippen molar-refractivity contribution in [2.45, 2.75) is 25.0 Å². The summed E-state index contributed by atoms with van der Waals surface area (Å²) in [5.74, 6) is -0.0240. The van der Waals surface area contributed by atoms with Crippen LogP contribution in [0.2, 0.25) is 0 Å². The van der Waals surface area contributed by atoms with E-state index in [4.69, 9.17) is 5.26 Å². The fraction of sp³-hybridized carbons (Fsp3) is 0.235. The number of hydrogen-bond donors (Lipinski definition) is 1. The van der Waals surface area contributed by atoms with E-state index in [1.165, 1.54) is 0 Å². The van der Waals surface area contributed by atoms with Gasteiger partial charge in [0.15, 0.2) is 0 Å². The van der Waals surface area contributed by atoms with E-state index in [9.17, 15) is 4.79 Å². The summed E-state index contributed by atoms with van der Waals surface area (Å²) < 4.78 is 2.58. The second kappa shape index (κ2) is 5.80. The monoisotopic (exact) mass is 383 g/mol. The molecule has 0 radical (unpaired) electrons. The van der Waals surface area contributed by atoms with E-state index in [-0.39, 0.29) is 18.1 Å². The maximum atomic E-state index is 13.1. The molecule has 2 aromatic heterocycles. The zero-order chi connectivity index (χ0) is 16.7. The molecule has 120 valence electrons. The van der Waals surface area contributed by atoms with Gasteiger partial charge in [0, 0.05) is 24.0 Å². The highest BCUT2D eigenvalue weighted by molar-refractivity contribution is 9.10. The van der Waals surface area contributed by atoms with Crippen LogP contribution in [0.3, 0.4) is 0 Å². The molecular weight excluding hydrogens is 370 g/mol. The lowest BCUT2D eigenvalue weighted by molar-refractivity contribution is 0.0680. The van der Waals surface area contributed by atoms with E-state index in [0.717, 1.165) is 22.8 Å². The molecule has 6 nitrogen and oxygen atoms in total. The Kier molecular flexibility index (Phi) is 3.62. The van der Waals surface area contributed by atoms with Gasteiger partial charge in [0.2, 0.25) is 0 Å². The number of aromatic nitrogens is 2. The summed E-state index contributed by atoms with van der Waals surface area (Å²) in [5.41, 5.74) is 2.04. The molecule has 1 aliphatic carbocycles. The molecule has 0 aromatic carbocycles. The van der Waals surface area contributed by atoms with Crippen LogP contribution in [0.4, 0.5) is 0 Å². The van der Waals surface area contributed by atoms with Gasteiger partial charge < -0.3 is 10.2 Å². The van der Waals surface area contributed by atoms with Gasteiger partial charge in [-0.1, -0.05) is 0 Å². The molecule has 2 aromatic rings. The van der Waals surface area contributed by atoms with Crippen LogP contribution >= 0.6 is 15.9 Å². The van der Waals surface area contributed by atoms with E-state index in [0.29, 0.717) is 11.1 Å². The van der Waals surface area contributed by atoms with Crippen molar-refractivity contribution in [3.63, 3.8) is 0 Å². The highest BCUT2D eigenvalue weighted by Gasteiger charge is 2.37. The number of pyridine rings is 1. The van der Waals surface area contributed by atoms with E-state index in [1.807, 2.05) is 17.0 Å². The number of nitriles is 1. The van der Waals surface area contributed by atoms with Gasteiger partial charge in [-0.25, -0.2) is 4.52 Å². The van der Waals surface area contributed by atoms with Crippen LogP contribution in [-0.4, -0.2) is 32.6 Å². The zero-order valence-corrected chi connectivity index (χ0v) is 14.3. The Labute approximate surface area is 147 Å². The quantitative estimate of drug-likeness (QED) is 0.883. The molecule has 1 fully saturated rings. The van der Waals surface area contributed by atoms with E-state index < -0.39 is 0 Å². The lowest BCUT2D eigenvalue weighted by Gasteiger charge is -2.31. The minimum absolute atomic E-state index is 0.0240. The molecule has 1 aliphatic heterocycles. The summed E-state index contributed by atoms with van der Waals surface area (Å²) in [6, 6.07) is 5.95. The van der Waals surface area contributed by atoms with Gasteiger partial charge in [0.1, 0.15) is 12.2 Å². The standard InChI is InChI=1S/C17H14BrN5O/c18-14-10-21-22-6-5-12(7-15(14)22)17(24)23(13-2-3-13)16-4-1-11(8-19)9-20-16/h1,4-7,9-10,13,16,20H,2-3H2. The second-order valence-corrected chi connectivity index (χ2v) is 6.72. The molecule has 1 N–H and O–H groups in total. The molecule has 1 atom stereocenters. The predicted molar refractivity (Wildman–Crippen MR) is 91.8 cm³/mol. The normalized spacial score (nSPS) is 19.5. The molecule has 7 heteroatoms. The van der Waals surface area contributed by atoms with Gasteiger partial charge in [-0.3, -0.25) is 4.79 Å². The summed E-state index contributed by atoms with van der Waals surface area (Å²) >= 11 is 3.45. The molecule has 0 saturated heterocycles. The Balaban J connectivity index is 1.65. The number of hydrogen-bond acceptors (Lipinski definition) is 4. The predicted octanol–water partition coefficient (Wildman–Crippen LogP) is 2.59. The SMILES string of the molecule is N#CC1=CNC(N(C(=O)c2ccn3ncc(Br)c3c2)C2CC2)C=C1. The third-order valence-corrected chi connectivity index (χ3v) is 4.80. The number of amides is 1. The van der Waals surface area contributed by atoms with Crippen LogP contribution in [0, 0.1) is 11.3 Å². The Morgan fingerprint density at radius 3 is 3.00 bits per heavy atom. The number of rotatable bonds is 3. The smallest absolute Gasteiger partial charge is 0.256 e. The van der Waals surface area contributed by atoms with Gasteiger partial charge in [-0.15, -0.1) is 0 Å². The van der Waals surface area contributed by atoms with Gasteiger partial charge in [0.25, 0.3) is 5.91 Å². The first kappa shape index (κ1) is 15.0. The summed E-state index contributed by atoms with van der Waals surface area (Å²) in [6.45, 7) is 0. The molecule has 3 heterocycles. The van der Waals surface area contributed by atoms with Crippen molar-refractivity contribution >= 4 is 27.4 Å². The van der Waals surface area contributed by atoms with Gasteiger partial charge in [-0.2, -0.15) is 10.4 Å². The van der Waals surface area contributed by atoms with Crippen LogP contribution in [0.1, 0.15) is 23.2 Å². The van der Waals surface area contributed by atoms with Crippen LogP contribution in [0.15, 0.2) is 52.9 Å². The molecular formula is C17H14BrN5O. The topological polar surface area (TPSA) is 73.4 Å². The van der Waals surface area contributed by atoms with Crippen molar-refractivity contribution in [1.82, 2.24) is 19.8 Å². The first-order valence-electron chi connectivity index (χ1n) is 7.67. The Morgan fingerprint density at radius 2 is 2.33 bits per heavy atom. The van der Waals surface area contributed by atoms with Crippen molar-refractivity contribution in [2.24, 2.45) is 0 Å². The summed E-state index contributed by atoms with van der Waals surface area (Å²) in [4.78, 5) is 14.9. The number of dihydropyridines is 1. The van der Waals surface area contributed by atoms with Crippen molar-refractivity contribution in [3.8, 4) is 6.07 Å². The fourth-order valence-corrected chi connectivity index (χ4v) is 3.21. The van der Waals surface area contributed by atoms with Gasteiger partial charge >= 0.3 is 0 Å². The number of carbonyl (C=O) groups is 1. The number of nitrogens with one attached hydrogen (secondary N) is 1. The van der Waals surface area contributed by atoms with E-state index in [1.54, 1.807) is 35.3 Å². The lowest BCUT2D eigenvalue weighted by atomic mass is 10.1. The molecule has 2 aliphatic rings. The van der Waals surface area contributed by atoms with E-state index >= 15 is 0 Å². The number of nitrogens with zero attached hydrogens (tertiary/aromatic N) is 4. The Hall–Kier alpha value is -2.59. The zero-order valence-electron chi connectivity index (χ0n) is 12.7. The molecule has 1 unspecified atom stereocenters. The molecule has 0 bridgehead atoms. The van der Waals surface area contributed by atoms with Crippen molar-refractivity contribution in [1.29, 1.82) is 5.26 Å². The van der Waals surface area contributed by atoms with Crippen LogP contribution in [-0.2, 0) is 0 Å². The lowest BCUT2D eigenvalue weighted by Crippen LogP contribution is -2.48. The number of allylic oxidation sites excluding steroid dienone is 2. The second-order valence-electron chi connectivity index (χ2n) is 5.86. The summed E-state index contributed by atoms with van der Waals surface area (Å²) in [6.07, 6.45) is 10.5. The maximum absolute atomic E-state index is 13.1. The van der Waals surface area contributed by atoms with Crippen molar-refractivity contribution in [3.05, 3.63) is 58.5 Å². The van der Waals surface area contributed by atoms with Crippen LogP contribution < -0.4 is 5.32 Å². The van der Waals surface area contributed by atoms with Crippen LogP contribution in [0.25, 0.3) is 5.52 Å². The third kappa shape index (κ3) is 2.59. The largest absolute Gasteiger partial charge is 0.367 e. The minimum atomic E-state index is -0.230. The number of fused-ring (bicyclic) bond motifs is 1. The first-order chi connectivity index (χ1) is 11.7. The average Bonchev–Trinajstić information content (AvgIpc) is 3.38. The number of halogens is 1. The van der Waals surface area contributed by atoms with Crippen molar-refractivity contribution in [2.75, 3.05) is 0 Å². The number of carbonyl (C=O) groups excluding carboxylic acids is 1. The molecule has 1 saturated carbocycles.